The lowest BCUT2D eigenvalue weighted by Crippen LogP contribution is -2.37. The molecule has 1 aliphatic rings. The average Bonchev–Trinajstić information content (AvgIpc) is 3.50. The van der Waals surface area contributed by atoms with Crippen molar-refractivity contribution in [2.45, 2.75) is 24.3 Å². The first-order chi connectivity index (χ1) is 16.4. The Morgan fingerprint density at radius 3 is 2.53 bits per heavy atom. The Bertz CT molecular complexity index is 1260. The van der Waals surface area contributed by atoms with Gasteiger partial charge in [0.15, 0.2) is 0 Å². The molecule has 9 nitrogen and oxygen atoms in total. The normalized spacial score (nSPS) is 13.9. The maximum absolute atomic E-state index is 13.5. The number of carbonyl (C=O) groups excluding carboxylic acids is 2. The second-order valence-corrected chi connectivity index (χ2v) is 9.68. The molecular formula is C24H25N3O6S. The zero-order valence-corrected chi connectivity index (χ0v) is 19.5. The lowest BCUT2D eigenvalue weighted by atomic mass is 10.3. The molecule has 0 atom stereocenters. The van der Waals surface area contributed by atoms with Crippen LogP contribution in [0.5, 0.6) is 5.75 Å². The Balaban J connectivity index is 1.57. The van der Waals surface area contributed by atoms with Gasteiger partial charge in [-0.3, -0.25) is 9.59 Å². The summed E-state index contributed by atoms with van der Waals surface area (Å²) in [5, 5.41) is 2.70. The number of hydrogen-bond donors (Lipinski definition) is 1. The summed E-state index contributed by atoms with van der Waals surface area (Å²) in [6.07, 6.45) is 2.70. The Hall–Kier alpha value is -3.63. The summed E-state index contributed by atoms with van der Waals surface area (Å²) in [5.74, 6) is 0.346. The smallest absolute Gasteiger partial charge is 0.243 e. The third kappa shape index (κ3) is 5.13. The summed E-state index contributed by atoms with van der Waals surface area (Å²) in [7, 11) is -2.57. The number of ether oxygens (including phenoxy) is 1. The number of furan rings is 1. The number of nitrogens with zero attached hydrogens (tertiary/aromatic N) is 2. The van der Waals surface area contributed by atoms with E-state index >= 15 is 0 Å². The van der Waals surface area contributed by atoms with E-state index in [9.17, 15) is 18.0 Å². The molecule has 2 aromatic carbocycles. The summed E-state index contributed by atoms with van der Waals surface area (Å²) >= 11 is 0. The highest BCUT2D eigenvalue weighted by atomic mass is 32.2. The largest absolute Gasteiger partial charge is 0.495 e. The van der Waals surface area contributed by atoms with Crippen molar-refractivity contribution in [2.75, 3.05) is 30.4 Å². The molecule has 0 bridgehead atoms. The van der Waals surface area contributed by atoms with Crippen LogP contribution in [0.15, 0.2) is 76.2 Å². The molecule has 0 spiro atoms. The van der Waals surface area contributed by atoms with Crippen LogP contribution in [-0.4, -0.2) is 44.7 Å². The van der Waals surface area contributed by atoms with E-state index in [1.165, 1.54) is 25.5 Å². The highest BCUT2D eigenvalue weighted by Gasteiger charge is 2.29. The standard InChI is InChI=1S/C24H25N3O6S/c1-32-22-8-3-2-7-21(22)25-23(28)17-26(16-19-6-5-15-33-19)34(30,31)20-12-10-18(11-13-20)27-14-4-9-24(27)29/h2-3,5-8,10-13,15H,4,9,14,16-17H2,1H3,(H,25,28). The maximum Gasteiger partial charge on any atom is 0.243 e. The summed E-state index contributed by atoms with van der Waals surface area (Å²) in [6, 6.07) is 16.3. The predicted molar refractivity (Wildman–Crippen MR) is 126 cm³/mol. The third-order valence-electron chi connectivity index (χ3n) is 5.47. The number of anilines is 2. The van der Waals surface area contributed by atoms with Gasteiger partial charge < -0.3 is 19.4 Å². The minimum Gasteiger partial charge on any atom is -0.495 e. The topological polar surface area (TPSA) is 109 Å². The summed E-state index contributed by atoms with van der Waals surface area (Å²) in [4.78, 5) is 26.5. The lowest BCUT2D eigenvalue weighted by Gasteiger charge is -2.22. The van der Waals surface area contributed by atoms with Gasteiger partial charge in [0.1, 0.15) is 11.5 Å². The van der Waals surface area contributed by atoms with Gasteiger partial charge >= 0.3 is 0 Å². The quantitative estimate of drug-likeness (QED) is 0.500. The molecule has 0 aliphatic carbocycles. The van der Waals surface area contributed by atoms with Crippen molar-refractivity contribution in [1.29, 1.82) is 0 Å². The molecule has 34 heavy (non-hydrogen) atoms. The van der Waals surface area contributed by atoms with Crippen LogP contribution in [0.3, 0.4) is 0 Å². The van der Waals surface area contributed by atoms with Gasteiger partial charge in [0.05, 0.1) is 37.0 Å². The molecule has 1 N–H and O–H groups in total. The number of hydrogen-bond acceptors (Lipinski definition) is 6. The fourth-order valence-electron chi connectivity index (χ4n) is 3.77. The highest BCUT2D eigenvalue weighted by Crippen LogP contribution is 2.26. The van der Waals surface area contributed by atoms with E-state index in [2.05, 4.69) is 5.32 Å². The van der Waals surface area contributed by atoms with Crippen molar-refractivity contribution >= 4 is 33.2 Å². The van der Waals surface area contributed by atoms with Crippen LogP contribution >= 0.6 is 0 Å². The van der Waals surface area contributed by atoms with E-state index < -0.39 is 22.5 Å². The molecule has 1 fully saturated rings. The van der Waals surface area contributed by atoms with E-state index in [0.29, 0.717) is 35.9 Å². The molecular weight excluding hydrogens is 458 g/mol. The Kier molecular flexibility index (Phi) is 6.99. The number of nitrogens with one attached hydrogen (secondary N) is 1. The molecule has 1 aliphatic heterocycles. The summed E-state index contributed by atoms with van der Waals surface area (Å²) in [5.41, 5.74) is 1.08. The van der Waals surface area contributed by atoms with Crippen molar-refractivity contribution in [3.8, 4) is 5.75 Å². The fraction of sp³-hybridized carbons (Fsp3) is 0.250. The van der Waals surface area contributed by atoms with Gasteiger partial charge in [-0.2, -0.15) is 4.31 Å². The van der Waals surface area contributed by atoms with Crippen LogP contribution in [0.1, 0.15) is 18.6 Å². The molecule has 3 aromatic rings. The first-order valence-electron chi connectivity index (χ1n) is 10.7. The summed E-state index contributed by atoms with van der Waals surface area (Å²) in [6.45, 7) is 0.0488. The average molecular weight is 484 g/mol. The van der Waals surface area contributed by atoms with Gasteiger partial charge in [0.2, 0.25) is 21.8 Å². The van der Waals surface area contributed by atoms with Crippen LogP contribution in [0, 0.1) is 0 Å². The highest BCUT2D eigenvalue weighted by molar-refractivity contribution is 7.89. The fourth-order valence-corrected chi connectivity index (χ4v) is 5.13. The first-order valence-corrected chi connectivity index (χ1v) is 12.2. The molecule has 0 saturated carbocycles. The molecule has 178 valence electrons. The molecule has 1 saturated heterocycles. The number of amides is 2. The van der Waals surface area contributed by atoms with Crippen molar-refractivity contribution in [3.05, 3.63) is 72.7 Å². The molecule has 2 heterocycles. The van der Waals surface area contributed by atoms with E-state index in [1.54, 1.807) is 53.4 Å². The zero-order chi connectivity index (χ0) is 24.1. The molecule has 10 heteroatoms. The number of para-hydroxylation sites is 2. The number of sulfonamides is 1. The Morgan fingerprint density at radius 1 is 1.12 bits per heavy atom. The van der Waals surface area contributed by atoms with Crippen LogP contribution in [0.4, 0.5) is 11.4 Å². The van der Waals surface area contributed by atoms with Gasteiger partial charge in [-0.05, 0) is 55.0 Å². The monoisotopic (exact) mass is 483 g/mol. The van der Waals surface area contributed by atoms with E-state index in [1.807, 2.05) is 0 Å². The van der Waals surface area contributed by atoms with Crippen molar-refractivity contribution < 1.29 is 27.2 Å². The Morgan fingerprint density at radius 2 is 1.88 bits per heavy atom. The minimum atomic E-state index is -4.06. The van der Waals surface area contributed by atoms with Crippen LogP contribution in [0.2, 0.25) is 0 Å². The number of benzene rings is 2. The predicted octanol–water partition coefficient (Wildman–Crippen LogP) is 3.24. The SMILES string of the molecule is COc1ccccc1NC(=O)CN(Cc1ccco1)S(=O)(=O)c1ccc(N2CCCC2=O)cc1. The Labute approximate surface area is 198 Å². The van der Waals surface area contributed by atoms with E-state index in [4.69, 9.17) is 9.15 Å². The lowest BCUT2D eigenvalue weighted by molar-refractivity contribution is -0.117. The van der Waals surface area contributed by atoms with Crippen molar-refractivity contribution in [3.63, 3.8) is 0 Å². The second kappa shape index (κ2) is 10.1. The maximum atomic E-state index is 13.5. The van der Waals surface area contributed by atoms with E-state index in [0.717, 1.165) is 10.7 Å². The molecule has 4 rings (SSSR count). The van der Waals surface area contributed by atoms with Gasteiger partial charge in [0.25, 0.3) is 0 Å². The number of rotatable bonds is 9. The van der Waals surface area contributed by atoms with Gasteiger partial charge in [-0.15, -0.1) is 0 Å². The van der Waals surface area contributed by atoms with Crippen LogP contribution < -0.4 is 15.0 Å². The molecule has 0 unspecified atom stereocenters. The van der Waals surface area contributed by atoms with Gasteiger partial charge in [-0.1, -0.05) is 12.1 Å². The van der Waals surface area contributed by atoms with Crippen LogP contribution in [0.25, 0.3) is 0 Å². The zero-order valence-electron chi connectivity index (χ0n) is 18.6. The number of carbonyl (C=O) groups is 2. The van der Waals surface area contributed by atoms with Gasteiger partial charge in [-0.25, -0.2) is 8.42 Å². The second-order valence-electron chi connectivity index (χ2n) is 7.74. The minimum absolute atomic E-state index is 0.0135. The summed E-state index contributed by atoms with van der Waals surface area (Å²) < 4.78 is 38.6. The number of methoxy groups -OCH3 is 1. The molecule has 0 radical (unpaired) electrons. The molecule has 2 amide bonds. The van der Waals surface area contributed by atoms with Crippen LogP contribution in [-0.2, 0) is 26.2 Å². The van der Waals surface area contributed by atoms with E-state index in [-0.39, 0.29) is 17.3 Å². The van der Waals surface area contributed by atoms with Crippen molar-refractivity contribution in [2.24, 2.45) is 0 Å². The third-order valence-corrected chi connectivity index (χ3v) is 7.28. The first kappa shape index (κ1) is 23.5. The van der Waals surface area contributed by atoms with Gasteiger partial charge in [0, 0.05) is 18.7 Å². The van der Waals surface area contributed by atoms with Crippen molar-refractivity contribution in [1.82, 2.24) is 4.31 Å². The molecule has 1 aromatic heterocycles.